The van der Waals surface area contributed by atoms with E-state index in [1.807, 2.05) is 12.2 Å². The van der Waals surface area contributed by atoms with Crippen molar-refractivity contribution in [1.82, 2.24) is 0 Å². The molecule has 0 fully saturated rings. The number of allylic oxidation sites excluding steroid dienone is 2. The number of benzene rings is 2. The molecule has 0 bridgehead atoms. The van der Waals surface area contributed by atoms with Gasteiger partial charge in [-0.3, -0.25) is 0 Å². The summed E-state index contributed by atoms with van der Waals surface area (Å²) in [6.07, 6.45) is 8.74. The summed E-state index contributed by atoms with van der Waals surface area (Å²) in [7, 11) is -6.83. The lowest BCUT2D eigenvalue weighted by atomic mass is 10.00. The fourth-order valence-corrected chi connectivity index (χ4v) is 8.45. The van der Waals surface area contributed by atoms with E-state index in [-0.39, 0.29) is 11.8 Å². The third-order valence-corrected chi connectivity index (χ3v) is 11.5. The Labute approximate surface area is 215 Å². The highest BCUT2D eigenvalue weighted by Gasteiger charge is 2.35. The molecule has 0 aliphatic heterocycles. The smallest absolute Gasteiger partial charge is 0.185 e. The van der Waals surface area contributed by atoms with Gasteiger partial charge in [-0.1, -0.05) is 74.5 Å². The molecule has 2 aromatic rings. The first kappa shape index (κ1) is 28.3. The van der Waals surface area contributed by atoms with E-state index >= 15 is 0 Å². The molecule has 0 heterocycles. The number of hydrogen-bond acceptors (Lipinski definition) is 6. The summed E-state index contributed by atoms with van der Waals surface area (Å²) in [4.78, 5) is 0.640. The second-order valence-electron chi connectivity index (χ2n) is 9.51. The van der Waals surface area contributed by atoms with Crippen LogP contribution in [0.5, 0.6) is 0 Å². The molecule has 36 heavy (non-hydrogen) atoms. The lowest BCUT2D eigenvalue weighted by Crippen LogP contribution is -2.33. The summed E-state index contributed by atoms with van der Waals surface area (Å²) in [6.45, 7) is 3.59. The van der Waals surface area contributed by atoms with E-state index in [4.69, 9.17) is 0 Å². The van der Waals surface area contributed by atoms with Gasteiger partial charge in [0.2, 0.25) is 0 Å². The Morgan fingerprint density at radius 2 is 0.944 bits per heavy atom. The molecule has 0 aromatic heterocycles. The van der Waals surface area contributed by atoms with Gasteiger partial charge in [0, 0.05) is 11.8 Å². The van der Waals surface area contributed by atoms with Crippen molar-refractivity contribution in [1.29, 1.82) is 0 Å². The Morgan fingerprint density at radius 1 is 0.611 bits per heavy atom. The largest absolute Gasteiger partial charge is 0.393 e. The molecule has 2 N–H and O–H groups in total. The molecule has 0 radical (unpaired) electrons. The van der Waals surface area contributed by atoms with Crippen LogP contribution in [0, 0.1) is 11.8 Å². The monoisotopic (exact) mass is 532 g/mol. The lowest BCUT2D eigenvalue weighted by Gasteiger charge is -2.23. The van der Waals surface area contributed by atoms with E-state index in [1.54, 1.807) is 86.7 Å². The molecule has 0 saturated carbocycles. The summed E-state index contributed by atoms with van der Waals surface area (Å²) in [6, 6.07) is 16.9. The van der Waals surface area contributed by atoms with Gasteiger partial charge in [0.1, 0.15) is 0 Å². The zero-order valence-electron chi connectivity index (χ0n) is 20.7. The van der Waals surface area contributed by atoms with Gasteiger partial charge >= 0.3 is 0 Å². The predicted molar refractivity (Wildman–Crippen MR) is 142 cm³/mol. The van der Waals surface area contributed by atoms with Crippen LogP contribution in [0.2, 0.25) is 0 Å². The molecule has 196 valence electrons. The van der Waals surface area contributed by atoms with Gasteiger partial charge in [0.25, 0.3) is 0 Å². The molecule has 4 rings (SSSR count). The van der Waals surface area contributed by atoms with Crippen molar-refractivity contribution >= 4 is 19.7 Å². The van der Waals surface area contributed by atoms with Crippen LogP contribution in [0.4, 0.5) is 0 Å². The third-order valence-electron chi connectivity index (χ3n) is 7.02. The number of sulfone groups is 2. The van der Waals surface area contributed by atoms with E-state index < -0.39 is 42.4 Å². The number of aliphatic hydroxyl groups is 2. The second-order valence-corrected chi connectivity index (χ2v) is 13.7. The maximum absolute atomic E-state index is 12.5. The molecular formula is C28H36O6S2. The molecule has 2 aliphatic carbocycles. The van der Waals surface area contributed by atoms with Gasteiger partial charge in [0.15, 0.2) is 19.7 Å². The third kappa shape index (κ3) is 6.54. The summed E-state index contributed by atoms with van der Waals surface area (Å²) in [5, 5.41) is 18.6. The van der Waals surface area contributed by atoms with Crippen molar-refractivity contribution in [2.24, 2.45) is 11.8 Å². The van der Waals surface area contributed by atoms with E-state index in [0.29, 0.717) is 22.6 Å². The van der Waals surface area contributed by atoms with Crippen LogP contribution in [0.15, 0.2) is 94.8 Å². The average Bonchev–Trinajstić information content (AvgIpc) is 3.16. The van der Waals surface area contributed by atoms with Crippen LogP contribution in [0.3, 0.4) is 0 Å². The molecule has 2 aliphatic rings. The van der Waals surface area contributed by atoms with Crippen molar-refractivity contribution in [3.05, 3.63) is 85.0 Å². The maximum atomic E-state index is 12.5. The van der Waals surface area contributed by atoms with Gasteiger partial charge in [-0.25, -0.2) is 16.8 Å². The Kier molecular flexibility index (Phi) is 9.69. The van der Waals surface area contributed by atoms with E-state index in [1.165, 1.54) is 0 Å². The van der Waals surface area contributed by atoms with Crippen molar-refractivity contribution in [2.75, 3.05) is 0 Å². The Bertz CT molecular complexity index is 1140. The van der Waals surface area contributed by atoms with Gasteiger partial charge in [-0.2, -0.15) is 0 Å². The molecular weight excluding hydrogens is 496 g/mol. The first-order valence-electron chi connectivity index (χ1n) is 12.3. The first-order valence-corrected chi connectivity index (χ1v) is 15.4. The molecule has 8 heteroatoms. The normalized spacial score (nSPS) is 28.9. The van der Waals surface area contributed by atoms with Crippen molar-refractivity contribution < 1.29 is 27.0 Å². The summed E-state index contributed by atoms with van der Waals surface area (Å²) in [5.74, 6) is -0.567. The zero-order valence-corrected chi connectivity index (χ0v) is 22.4. The molecule has 6 nitrogen and oxygen atoms in total. The average molecular weight is 533 g/mol. The second kappa shape index (κ2) is 12.3. The van der Waals surface area contributed by atoms with E-state index in [9.17, 15) is 27.0 Å². The van der Waals surface area contributed by atoms with Crippen LogP contribution < -0.4 is 0 Å². The fourth-order valence-electron chi connectivity index (χ4n) is 4.62. The Morgan fingerprint density at radius 3 is 1.28 bits per heavy atom. The van der Waals surface area contributed by atoms with Crippen LogP contribution in [-0.2, 0) is 19.7 Å². The SMILES string of the molecule is C[C@@H]1[C@@H](O)CCC=C[C@@H]1S(=O)(=O)c1ccccc1.C[C@@H]1[C@@H](O)CCC=C[C@@H]1S(=O)(=O)c1ccccc1. The molecule has 2 aromatic carbocycles. The maximum Gasteiger partial charge on any atom is 0.185 e. The van der Waals surface area contributed by atoms with Gasteiger partial charge in [-0.15, -0.1) is 0 Å². The van der Waals surface area contributed by atoms with Crippen LogP contribution >= 0.6 is 0 Å². The highest BCUT2D eigenvalue weighted by atomic mass is 32.2. The minimum absolute atomic E-state index is 0.283. The highest BCUT2D eigenvalue weighted by Crippen LogP contribution is 2.30. The topological polar surface area (TPSA) is 109 Å². The molecule has 0 spiro atoms. The zero-order chi connectivity index (χ0) is 26.3. The van der Waals surface area contributed by atoms with E-state index in [0.717, 1.165) is 12.8 Å². The highest BCUT2D eigenvalue weighted by molar-refractivity contribution is 7.92. The van der Waals surface area contributed by atoms with Crippen LogP contribution in [0.25, 0.3) is 0 Å². The quantitative estimate of drug-likeness (QED) is 0.567. The number of aliphatic hydroxyl groups excluding tert-OH is 2. The minimum Gasteiger partial charge on any atom is -0.393 e. The van der Waals surface area contributed by atoms with Crippen LogP contribution in [0.1, 0.15) is 39.5 Å². The van der Waals surface area contributed by atoms with Gasteiger partial charge in [0.05, 0.1) is 32.5 Å². The van der Waals surface area contributed by atoms with Gasteiger partial charge in [-0.05, 0) is 49.9 Å². The van der Waals surface area contributed by atoms with Crippen molar-refractivity contribution in [2.45, 2.75) is 72.0 Å². The van der Waals surface area contributed by atoms with Crippen LogP contribution in [-0.4, -0.2) is 49.8 Å². The van der Waals surface area contributed by atoms with Gasteiger partial charge < -0.3 is 10.2 Å². The fraction of sp³-hybridized carbons (Fsp3) is 0.429. The summed E-state index contributed by atoms with van der Waals surface area (Å²) >= 11 is 0. The van der Waals surface area contributed by atoms with Crippen molar-refractivity contribution in [3.8, 4) is 0 Å². The first-order chi connectivity index (χ1) is 17.1. The molecule has 0 saturated heterocycles. The Balaban J connectivity index is 0.000000201. The summed E-state index contributed by atoms with van der Waals surface area (Å²) in [5.41, 5.74) is 0. The number of hydrogen-bond donors (Lipinski definition) is 2. The standard InChI is InChI=1S/2C14H18O3S/c2*1-11-13(15)9-5-6-10-14(11)18(16,17)12-7-3-2-4-8-12/h2*2-4,6-8,10-11,13-15H,5,9H2,1H3/t2*11-,13+,14+/m11/s1. The Hall–Kier alpha value is -2.26. The molecule has 0 amide bonds. The molecule has 0 unspecified atom stereocenters. The van der Waals surface area contributed by atoms with E-state index in [2.05, 4.69) is 0 Å². The summed E-state index contributed by atoms with van der Waals surface area (Å²) < 4.78 is 50.1. The minimum atomic E-state index is -3.41. The lowest BCUT2D eigenvalue weighted by molar-refractivity contribution is 0.113. The van der Waals surface area contributed by atoms with Crippen molar-refractivity contribution in [3.63, 3.8) is 0 Å². The predicted octanol–water partition coefficient (Wildman–Crippen LogP) is 4.35. The number of rotatable bonds is 4. The molecule has 6 atom stereocenters.